The van der Waals surface area contributed by atoms with E-state index in [4.69, 9.17) is 27.9 Å². The molecule has 0 bridgehead atoms. The predicted molar refractivity (Wildman–Crippen MR) is 65.7 cm³/mol. The summed E-state index contributed by atoms with van der Waals surface area (Å²) in [6, 6.07) is 9.64. The van der Waals surface area contributed by atoms with Gasteiger partial charge in [0.25, 0.3) is 0 Å². The van der Waals surface area contributed by atoms with Crippen LogP contribution in [0.4, 0.5) is 0 Å². The second-order valence-electron chi connectivity index (χ2n) is 3.19. The molecule has 5 heteroatoms. The van der Waals surface area contributed by atoms with Crippen LogP contribution in [0.3, 0.4) is 0 Å². The number of esters is 1. The van der Waals surface area contributed by atoms with Crippen molar-refractivity contribution in [3.8, 4) is 5.75 Å². The number of ether oxygens (including phenoxy) is 1. The van der Waals surface area contributed by atoms with E-state index in [2.05, 4.69) is 4.98 Å². The van der Waals surface area contributed by atoms with Gasteiger partial charge in [-0.2, -0.15) is 0 Å². The molecule has 0 aliphatic rings. The van der Waals surface area contributed by atoms with Crippen molar-refractivity contribution in [2.24, 2.45) is 0 Å². The summed E-state index contributed by atoms with van der Waals surface area (Å²) in [5.41, 5.74) is 0.226. The molecule has 1 aromatic heterocycles. The maximum atomic E-state index is 11.7. The number of pyridine rings is 1. The number of benzene rings is 1. The largest absolute Gasteiger partial charge is 0.423 e. The zero-order valence-corrected chi connectivity index (χ0v) is 10.1. The van der Waals surface area contributed by atoms with Crippen molar-refractivity contribution >= 4 is 29.2 Å². The Hall–Kier alpha value is -1.58. The maximum Gasteiger partial charge on any atom is 0.346 e. The van der Waals surface area contributed by atoms with Gasteiger partial charge in [0, 0.05) is 11.2 Å². The van der Waals surface area contributed by atoms with Gasteiger partial charge in [0.05, 0.1) is 5.56 Å². The molecule has 1 heterocycles. The van der Waals surface area contributed by atoms with Crippen LogP contribution < -0.4 is 4.74 Å². The third kappa shape index (κ3) is 2.96. The fraction of sp³-hybridized carbons (Fsp3) is 0. The lowest BCUT2D eigenvalue weighted by Gasteiger charge is -2.04. The van der Waals surface area contributed by atoms with Crippen LogP contribution in [0.25, 0.3) is 0 Å². The van der Waals surface area contributed by atoms with Crippen LogP contribution in [0.5, 0.6) is 5.75 Å². The normalized spacial score (nSPS) is 10.0. The summed E-state index contributed by atoms with van der Waals surface area (Å²) < 4.78 is 5.11. The molecule has 0 radical (unpaired) electrons. The lowest BCUT2D eigenvalue weighted by atomic mass is 10.3. The van der Waals surface area contributed by atoms with Crippen LogP contribution in [-0.4, -0.2) is 11.0 Å². The van der Waals surface area contributed by atoms with E-state index in [1.165, 1.54) is 6.20 Å². The Morgan fingerprint density at radius 2 is 1.82 bits per heavy atom. The van der Waals surface area contributed by atoms with Gasteiger partial charge < -0.3 is 4.74 Å². The van der Waals surface area contributed by atoms with Gasteiger partial charge in [0.2, 0.25) is 0 Å². The molecule has 0 saturated heterocycles. The molecule has 0 aliphatic carbocycles. The molecule has 17 heavy (non-hydrogen) atoms. The molecule has 0 N–H and O–H groups in total. The van der Waals surface area contributed by atoms with Crippen molar-refractivity contribution < 1.29 is 9.53 Å². The molecule has 0 fully saturated rings. The summed E-state index contributed by atoms with van der Waals surface area (Å²) in [5, 5.41) is 0.690. The average Bonchev–Trinajstić information content (AvgIpc) is 2.32. The zero-order chi connectivity index (χ0) is 12.3. The second-order valence-corrected chi connectivity index (χ2v) is 3.98. The first-order chi connectivity index (χ1) is 8.16. The molecular formula is C12H7Cl2NO2. The summed E-state index contributed by atoms with van der Waals surface area (Å²) in [5.74, 6) is -0.148. The van der Waals surface area contributed by atoms with Crippen LogP contribution in [0.1, 0.15) is 10.4 Å². The number of hydrogen-bond acceptors (Lipinski definition) is 3. The standard InChI is InChI=1S/C12H7Cl2NO2/c13-8-3-5-9(6-4-8)17-12(16)10-2-1-7-15-11(10)14/h1-7H. The van der Waals surface area contributed by atoms with Crippen molar-refractivity contribution in [2.45, 2.75) is 0 Å². The average molecular weight is 268 g/mol. The SMILES string of the molecule is O=C(Oc1ccc(Cl)cc1)c1cccnc1Cl. The van der Waals surface area contributed by atoms with Crippen molar-refractivity contribution in [2.75, 3.05) is 0 Å². The van der Waals surface area contributed by atoms with Crippen molar-refractivity contribution in [1.29, 1.82) is 0 Å². The molecule has 86 valence electrons. The number of carbonyl (C=O) groups excluding carboxylic acids is 1. The topological polar surface area (TPSA) is 39.2 Å². The molecule has 0 saturated carbocycles. The van der Waals surface area contributed by atoms with Crippen LogP contribution in [0.15, 0.2) is 42.6 Å². The summed E-state index contributed by atoms with van der Waals surface area (Å²) in [7, 11) is 0. The van der Waals surface area contributed by atoms with Gasteiger partial charge in [-0.05, 0) is 36.4 Å². The Morgan fingerprint density at radius 1 is 1.12 bits per heavy atom. The van der Waals surface area contributed by atoms with Crippen molar-refractivity contribution in [3.63, 3.8) is 0 Å². The van der Waals surface area contributed by atoms with Gasteiger partial charge in [0.15, 0.2) is 0 Å². The number of nitrogens with zero attached hydrogens (tertiary/aromatic N) is 1. The summed E-state index contributed by atoms with van der Waals surface area (Å²) >= 11 is 11.5. The lowest BCUT2D eigenvalue weighted by Crippen LogP contribution is -2.09. The van der Waals surface area contributed by atoms with E-state index in [-0.39, 0.29) is 10.7 Å². The minimum atomic E-state index is -0.551. The molecule has 1 aromatic carbocycles. The predicted octanol–water partition coefficient (Wildman–Crippen LogP) is 3.61. The van der Waals surface area contributed by atoms with Gasteiger partial charge in [-0.3, -0.25) is 0 Å². The minimum absolute atomic E-state index is 0.117. The van der Waals surface area contributed by atoms with E-state index in [1.807, 2.05) is 0 Å². The monoisotopic (exact) mass is 267 g/mol. The molecular weight excluding hydrogens is 261 g/mol. The fourth-order valence-electron chi connectivity index (χ4n) is 1.20. The third-order valence-corrected chi connectivity index (χ3v) is 2.56. The van der Waals surface area contributed by atoms with E-state index in [1.54, 1.807) is 36.4 Å². The molecule has 2 aromatic rings. The number of halogens is 2. The number of hydrogen-bond donors (Lipinski definition) is 0. The van der Waals surface area contributed by atoms with E-state index in [0.717, 1.165) is 0 Å². The Morgan fingerprint density at radius 3 is 2.47 bits per heavy atom. The second kappa shape index (κ2) is 5.17. The van der Waals surface area contributed by atoms with E-state index in [0.29, 0.717) is 10.8 Å². The highest BCUT2D eigenvalue weighted by Crippen LogP contribution is 2.18. The summed E-state index contributed by atoms with van der Waals surface area (Å²) in [4.78, 5) is 15.5. The highest BCUT2D eigenvalue weighted by atomic mass is 35.5. The molecule has 0 spiro atoms. The first kappa shape index (κ1) is 11.9. The zero-order valence-electron chi connectivity index (χ0n) is 8.56. The third-order valence-electron chi connectivity index (χ3n) is 2.00. The fourth-order valence-corrected chi connectivity index (χ4v) is 1.53. The molecule has 2 rings (SSSR count). The van der Waals surface area contributed by atoms with Gasteiger partial charge in [-0.25, -0.2) is 9.78 Å². The maximum absolute atomic E-state index is 11.7. The molecule has 0 amide bonds. The summed E-state index contributed by atoms with van der Waals surface area (Å²) in [6.45, 7) is 0. The Bertz CT molecular complexity index is 540. The molecule has 0 aliphatic heterocycles. The van der Waals surface area contributed by atoms with Gasteiger partial charge in [0.1, 0.15) is 10.9 Å². The van der Waals surface area contributed by atoms with Gasteiger partial charge in [-0.1, -0.05) is 23.2 Å². The lowest BCUT2D eigenvalue weighted by molar-refractivity contribution is 0.0734. The molecule has 0 unspecified atom stereocenters. The van der Waals surface area contributed by atoms with E-state index >= 15 is 0 Å². The smallest absolute Gasteiger partial charge is 0.346 e. The van der Waals surface area contributed by atoms with Crippen LogP contribution in [-0.2, 0) is 0 Å². The quantitative estimate of drug-likeness (QED) is 0.474. The summed E-state index contributed by atoms with van der Waals surface area (Å²) in [6.07, 6.45) is 1.50. The van der Waals surface area contributed by atoms with Crippen LogP contribution in [0, 0.1) is 0 Å². The first-order valence-corrected chi connectivity index (χ1v) is 5.50. The number of carbonyl (C=O) groups is 1. The first-order valence-electron chi connectivity index (χ1n) is 4.75. The molecule has 3 nitrogen and oxygen atoms in total. The van der Waals surface area contributed by atoms with Crippen LogP contribution in [0.2, 0.25) is 10.2 Å². The Labute approximate surface area is 108 Å². The number of aromatic nitrogens is 1. The Balaban J connectivity index is 2.17. The van der Waals surface area contributed by atoms with Gasteiger partial charge in [-0.15, -0.1) is 0 Å². The van der Waals surface area contributed by atoms with Crippen LogP contribution >= 0.6 is 23.2 Å². The van der Waals surface area contributed by atoms with Crippen molar-refractivity contribution in [3.05, 3.63) is 58.3 Å². The highest BCUT2D eigenvalue weighted by Gasteiger charge is 2.12. The Kier molecular flexibility index (Phi) is 3.61. The number of rotatable bonds is 2. The van der Waals surface area contributed by atoms with Crippen molar-refractivity contribution in [1.82, 2.24) is 4.98 Å². The highest BCUT2D eigenvalue weighted by molar-refractivity contribution is 6.32. The van der Waals surface area contributed by atoms with E-state index in [9.17, 15) is 4.79 Å². The minimum Gasteiger partial charge on any atom is -0.423 e. The van der Waals surface area contributed by atoms with E-state index < -0.39 is 5.97 Å². The molecule has 0 atom stereocenters. The van der Waals surface area contributed by atoms with Gasteiger partial charge >= 0.3 is 5.97 Å².